The maximum Gasteiger partial charge on any atom is 0.0614 e. The molecule has 12 heavy (non-hydrogen) atoms. The fraction of sp³-hybridized carbons (Fsp3) is 1.00. The molecule has 0 spiro atoms. The lowest BCUT2D eigenvalue weighted by atomic mass is 9.91. The van der Waals surface area contributed by atoms with E-state index in [-0.39, 0.29) is 6.10 Å². The van der Waals surface area contributed by atoms with Crippen LogP contribution in [0.4, 0.5) is 0 Å². The summed E-state index contributed by atoms with van der Waals surface area (Å²) in [6.45, 7) is 7.00. The molecule has 1 fully saturated rings. The molecule has 1 saturated heterocycles. The fourth-order valence-electron chi connectivity index (χ4n) is 1.80. The second kappa shape index (κ2) is 4.24. The smallest absolute Gasteiger partial charge is 0.0614 e. The second-order valence-electron chi connectivity index (χ2n) is 4.09. The summed E-state index contributed by atoms with van der Waals surface area (Å²) in [5, 5.41) is 9.76. The van der Waals surface area contributed by atoms with Gasteiger partial charge in [0.25, 0.3) is 0 Å². The molecule has 3 atom stereocenters. The van der Waals surface area contributed by atoms with Crippen molar-refractivity contribution in [1.29, 1.82) is 0 Å². The van der Waals surface area contributed by atoms with E-state index >= 15 is 0 Å². The Morgan fingerprint density at radius 3 is 2.58 bits per heavy atom. The predicted molar refractivity (Wildman–Crippen MR) is 49.0 cm³/mol. The Labute approximate surface area is 74.9 Å². The van der Waals surface area contributed by atoms with Gasteiger partial charge in [0.2, 0.25) is 0 Å². The van der Waals surface area contributed by atoms with Gasteiger partial charge < -0.3 is 9.84 Å². The molecule has 72 valence electrons. The Hall–Kier alpha value is -0.0800. The van der Waals surface area contributed by atoms with Crippen LogP contribution in [0.25, 0.3) is 0 Å². The predicted octanol–water partition coefficient (Wildman–Crippen LogP) is 1.82. The van der Waals surface area contributed by atoms with Crippen molar-refractivity contribution in [3.05, 3.63) is 0 Å². The number of aliphatic hydroxyl groups is 1. The van der Waals surface area contributed by atoms with Crippen molar-refractivity contribution in [2.75, 3.05) is 6.61 Å². The van der Waals surface area contributed by atoms with E-state index in [0.29, 0.717) is 17.9 Å². The zero-order valence-electron chi connectivity index (χ0n) is 8.29. The van der Waals surface area contributed by atoms with E-state index in [0.717, 1.165) is 19.4 Å². The van der Waals surface area contributed by atoms with E-state index in [1.807, 2.05) is 0 Å². The van der Waals surface area contributed by atoms with Gasteiger partial charge in [-0.25, -0.2) is 0 Å². The summed E-state index contributed by atoms with van der Waals surface area (Å²) in [6.07, 6.45) is 2.32. The van der Waals surface area contributed by atoms with E-state index in [4.69, 9.17) is 4.74 Å². The van der Waals surface area contributed by atoms with Crippen LogP contribution in [0, 0.1) is 11.8 Å². The van der Waals surface area contributed by atoms with Gasteiger partial charge in [0, 0.05) is 5.92 Å². The van der Waals surface area contributed by atoms with Crippen LogP contribution in [0.3, 0.4) is 0 Å². The maximum absolute atomic E-state index is 9.76. The van der Waals surface area contributed by atoms with Gasteiger partial charge in [0.15, 0.2) is 0 Å². The molecule has 0 aromatic carbocycles. The zero-order valence-corrected chi connectivity index (χ0v) is 8.29. The molecule has 1 aliphatic rings. The Kier molecular flexibility index (Phi) is 3.53. The quantitative estimate of drug-likeness (QED) is 0.703. The van der Waals surface area contributed by atoms with Crippen molar-refractivity contribution in [3.63, 3.8) is 0 Å². The fourth-order valence-corrected chi connectivity index (χ4v) is 1.80. The van der Waals surface area contributed by atoms with Crippen LogP contribution >= 0.6 is 0 Å². The lowest BCUT2D eigenvalue weighted by molar-refractivity contribution is 0.0498. The molecule has 2 nitrogen and oxygen atoms in total. The van der Waals surface area contributed by atoms with Crippen LogP contribution in [0.1, 0.15) is 33.6 Å². The summed E-state index contributed by atoms with van der Waals surface area (Å²) in [4.78, 5) is 0. The van der Waals surface area contributed by atoms with Gasteiger partial charge in [-0.05, 0) is 18.8 Å². The van der Waals surface area contributed by atoms with Gasteiger partial charge in [0.1, 0.15) is 0 Å². The van der Waals surface area contributed by atoms with Crippen molar-refractivity contribution < 1.29 is 9.84 Å². The Morgan fingerprint density at radius 1 is 1.50 bits per heavy atom. The monoisotopic (exact) mass is 172 g/mol. The summed E-state index contributed by atoms with van der Waals surface area (Å²) in [5.74, 6) is 0.726. The second-order valence-corrected chi connectivity index (χ2v) is 4.09. The molecule has 0 aromatic rings. The maximum atomic E-state index is 9.76. The van der Waals surface area contributed by atoms with E-state index in [9.17, 15) is 5.11 Å². The molecule has 0 aromatic heterocycles. The molecule has 0 aliphatic carbocycles. The molecular formula is C10H20O2. The third kappa shape index (κ3) is 2.20. The van der Waals surface area contributed by atoms with Crippen molar-refractivity contribution in [2.45, 2.75) is 45.8 Å². The number of rotatable bonds is 3. The lowest BCUT2D eigenvalue weighted by Crippen LogP contribution is -2.26. The molecule has 1 heterocycles. The molecule has 2 heteroatoms. The molecular weight excluding hydrogens is 152 g/mol. The minimum absolute atomic E-state index is 0.179. The van der Waals surface area contributed by atoms with Crippen molar-refractivity contribution in [3.8, 4) is 0 Å². The first-order chi connectivity index (χ1) is 5.65. The summed E-state index contributed by atoms with van der Waals surface area (Å²) in [5.41, 5.74) is 0. The average molecular weight is 172 g/mol. The molecule has 0 bridgehead atoms. The van der Waals surface area contributed by atoms with Crippen molar-refractivity contribution >= 4 is 0 Å². The largest absolute Gasteiger partial charge is 0.392 e. The summed E-state index contributed by atoms with van der Waals surface area (Å²) < 4.78 is 5.53. The third-order valence-corrected chi connectivity index (χ3v) is 2.73. The van der Waals surface area contributed by atoms with Crippen molar-refractivity contribution in [1.82, 2.24) is 0 Å². The minimum Gasteiger partial charge on any atom is -0.392 e. The first-order valence-electron chi connectivity index (χ1n) is 4.94. The highest BCUT2D eigenvalue weighted by Gasteiger charge is 2.30. The molecule has 0 amide bonds. The first-order valence-corrected chi connectivity index (χ1v) is 4.94. The summed E-state index contributed by atoms with van der Waals surface area (Å²) >= 11 is 0. The van der Waals surface area contributed by atoms with E-state index < -0.39 is 0 Å². The average Bonchev–Trinajstić information content (AvgIpc) is 2.50. The minimum atomic E-state index is -0.179. The summed E-state index contributed by atoms with van der Waals surface area (Å²) in [7, 11) is 0. The Morgan fingerprint density at radius 2 is 2.17 bits per heavy atom. The molecule has 0 saturated carbocycles. The highest BCUT2D eigenvalue weighted by atomic mass is 16.5. The number of hydrogen-bond donors (Lipinski definition) is 1. The molecule has 1 rings (SSSR count). The van der Waals surface area contributed by atoms with Crippen LogP contribution in [-0.4, -0.2) is 23.9 Å². The van der Waals surface area contributed by atoms with Gasteiger partial charge in [-0.3, -0.25) is 0 Å². The topological polar surface area (TPSA) is 29.5 Å². The molecule has 0 radical (unpaired) electrons. The SMILES string of the molecule is CCC1CC(C(O)C(C)C)CO1. The Bertz CT molecular complexity index is 134. The zero-order chi connectivity index (χ0) is 9.14. The lowest BCUT2D eigenvalue weighted by Gasteiger charge is -2.19. The molecule has 1 N–H and O–H groups in total. The highest BCUT2D eigenvalue weighted by Crippen LogP contribution is 2.27. The van der Waals surface area contributed by atoms with Crippen LogP contribution < -0.4 is 0 Å². The number of ether oxygens (including phenoxy) is 1. The van der Waals surface area contributed by atoms with E-state index in [1.165, 1.54) is 0 Å². The summed E-state index contributed by atoms with van der Waals surface area (Å²) in [6, 6.07) is 0. The van der Waals surface area contributed by atoms with Gasteiger partial charge in [-0.15, -0.1) is 0 Å². The standard InChI is InChI=1S/C10H20O2/c1-4-9-5-8(6-12-9)10(11)7(2)3/h7-11H,4-6H2,1-3H3. The van der Waals surface area contributed by atoms with Crippen LogP contribution in [0.5, 0.6) is 0 Å². The van der Waals surface area contributed by atoms with E-state index in [1.54, 1.807) is 0 Å². The normalized spacial score (nSPS) is 32.8. The van der Waals surface area contributed by atoms with Crippen LogP contribution in [0.15, 0.2) is 0 Å². The third-order valence-electron chi connectivity index (χ3n) is 2.73. The highest BCUT2D eigenvalue weighted by molar-refractivity contribution is 4.79. The van der Waals surface area contributed by atoms with E-state index in [2.05, 4.69) is 20.8 Å². The van der Waals surface area contributed by atoms with Crippen LogP contribution in [0.2, 0.25) is 0 Å². The first kappa shape index (κ1) is 10.0. The van der Waals surface area contributed by atoms with Crippen molar-refractivity contribution in [2.24, 2.45) is 11.8 Å². The number of hydrogen-bond acceptors (Lipinski definition) is 2. The van der Waals surface area contributed by atoms with Gasteiger partial charge >= 0.3 is 0 Å². The van der Waals surface area contributed by atoms with Gasteiger partial charge in [-0.1, -0.05) is 20.8 Å². The van der Waals surface area contributed by atoms with Gasteiger partial charge in [0.05, 0.1) is 18.8 Å². The molecule has 1 aliphatic heterocycles. The number of aliphatic hydroxyl groups excluding tert-OH is 1. The molecule has 3 unspecified atom stereocenters. The Balaban J connectivity index is 2.35. The van der Waals surface area contributed by atoms with Crippen LogP contribution in [-0.2, 0) is 4.74 Å². The van der Waals surface area contributed by atoms with Gasteiger partial charge in [-0.2, -0.15) is 0 Å².